The molecular weight excluding hydrogens is 1170 g/mol. The number of carbonyl (C=O) groups is 4. The summed E-state index contributed by atoms with van der Waals surface area (Å²) in [5.74, 6) is -1.31. The minimum atomic E-state index is -4.95. The van der Waals surface area contributed by atoms with Gasteiger partial charge in [0.2, 0.25) is 0 Å². The van der Waals surface area contributed by atoms with Crippen LogP contribution in [0.3, 0.4) is 0 Å². The number of ether oxygens (including phenoxy) is 4. The lowest BCUT2D eigenvalue weighted by Gasteiger charge is -2.21. The summed E-state index contributed by atoms with van der Waals surface area (Å²) in [5.41, 5.74) is 0. The molecule has 6 atom stereocenters. The maximum atomic E-state index is 13.0. The van der Waals surface area contributed by atoms with Crippen LogP contribution in [0.25, 0.3) is 0 Å². The first-order valence-corrected chi connectivity index (χ1v) is 39.7. The van der Waals surface area contributed by atoms with Crippen molar-refractivity contribution in [3.8, 4) is 0 Å². The number of phosphoric ester groups is 2. The van der Waals surface area contributed by atoms with Crippen molar-refractivity contribution in [2.24, 2.45) is 5.92 Å². The first-order chi connectivity index (χ1) is 43.1. The molecule has 0 aromatic rings. The van der Waals surface area contributed by atoms with Crippen molar-refractivity contribution >= 4 is 39.5 Å². The van der Waals surface area contributed by atoms with Gasteiger partial charge < -0.3 is 33.8 Å². The zero-order chi connectivity index (χ0) is 65.6. The van der Waals surface area contributed by atoms with Crippen molar-refractivity contribution in [2.75, 3.05) is 39.6 Å². The SMILES string of the molecule is CCCCCCCCCCCCCCCCCCCC(=O)O[C@H](COC(=O)CCCCCCCCCCCCC(C)CC)COP(=O)(O)OC[C@@H](O)COP(=O)(O)OC[C@@H](COC(=O)CCCCCCCCCCC)OC(=O)CCCCCCCCCCC. The van der Waals surface area contributed by atoms with Gasteiger partial charge in [0.1, 0.15) is 19.3 Å². The highest BCUT2D eigenvalue weighted by Gasteiger charge is 2.30. The predicted octanol–water partition coefficient (Wildman–Crippen LogP) is 20.1. The Morgan fingerprint density at radius 2 is 0.539 bits per heavy atom. The molecule has 19 heteroatoms. The van der Waals surface area contributed by atoms with E-state index in [0.717, 1.165) is 95.8 Å². The van der Waals surface area contributed by atoms with Crippen molar-refractivity contribution in [2.45, 2.75) is 380 Å². The van der Waals surface area contributed by atoms with Gasteiger partial charge in [-0.05, 0) is 31.6 Å². The number of aliphatic hydroxyl groups excluding tert-OH is 1. The summed E-state index contributed by atoms with van der Waals surface area (Å²) in [5, 5.41) is 10.6. The molecule has 528 valence electrons. The number of rotatable bonds is 70. The zero-order valence-corrected chi connectivity index (χ0v) is 59.4. The van der Waals surface area contributed by atoms with E-state index in [1.54, 1.807) is 0 Å². The number of phosphoric acid groups is 2. The van der Waals surface area contributed by atoms with Crippen LogP contribution in [0.1, 0.15) is 362 Å². The van der Waals surface area contributed by atoms with E-state index in [2.05, 4.69) is 34.6 Å². The summed E-state index contributed by atoms with van der Waals surface area (Å²) in [6, 6.07) is 0. The van der Waals surface area contributed by atoms with E-state index in [9.17, 15) is 43.2 Å². The van der Waals surface area contributed by atoms with E-state index in [-0.39, 0.29) is 25.7 Å². The van der Waals surface area contributed by atoms with Crippen LogP contribution in [0.2, 0.25) is 0 Å². The highest BCUT2D eigenvalue weighted by atomic mass is 31.2. The molecule has 0 aliphatic carbocycles. The van der Waals surface area contributed by atoms with E-state index < -0.39 is 97.5 Å². The van der Waals surface area contributed by atoms with Gasteiger partial charge in [0, 0.05) is 25.7 Å². The van der Waals surface area contributed by atoms with Gasteiger partial charge in [0.15, 0.2) is 12.2 Å². The van der Waals surface area contributed by atoms with Crippen molar-refractivity contribution in [3.63, 3.8) is 0 Å². The molecule has 0 fully saturated rings. The molecule has 17 nitrogen and oxygen atoms in total. The Hall–Kier alpha value is -1.94. The molecule has 89 heavy (non-hydrogen) atoms. The maximum Gasteiger partial charge on any atom is 0.472 e. The van der Waals surface area contributed by atoms with Crippen molar-refractivity contribution < 1.29 is 80.2 Å². The van der Waals surface area contributed by atoms with E-state index in [1.807, 2.05) is 0 Å². The molecular formula is C70H136O17P2. The van der Waals surface area contributed by atoms with E-state index in [4.69, 9.17) is 37.0 Å². The lowest BCUT2D eigenvalue weighted by molar-refractivity contribution is -0.161. The summed E-state index contributed by atoms with van der Waals surface area (Å²) in [6.45, 7) is 7.25. The smallest absolute Gasteiger partial charge is 0.462 e. The third kappa shape index (κ3) is 63.2. The summed E-state index contributed by atoms with van der Waals surface area (Å²) in [4.78, 5) is 72.4. The minimum absolute atomic E-state index is 0.106. The van der Waals surface area contributed by atoms with E-state index in [0.29, 0.717) is 25.7 Å². The first-order valence-electron chi connectivity index (χ1n) is 36.7. The topological polar surface area (TPSA) is 237 Å². The lowest BCUT2D eigenvalue weighted by atomic mass is 9.99. The molecule has 0 saturated carbocycles. The van der Waals surface area contributed by atoms with Crippen molar-refractivity contribution in [1.29, 1.82) is 0 Å². The number of hydrogen-bond acceptors (Lipinski definition) is 15. The second-order valence-electron chi connectivity index (χ2n) is 25.5. The number of carbonyl (C=O) groups excluding carboxylic acids is 4. The normalized spacial score (nSPS) is 14.4. The fourth-order valence-corrected chi connectivity index (χ4v) is 12.2. The molecule has 0 bridgehead atoms. The molecule has 0 aromatic carbocycles. The van der Waals surface area contributed by atoms with E-state index in [1.165, 1.54) is 186 Å². The van der Waals surface area contributed by atoms with Crippen LogP contribution in [0.5, 0.6) is 0 Å². The van der Waals surface area contributed by atoms with Gasteiger partial charge in [0.05, 0.1) is 26.4 Å². The fourth-order valence-electron chi connectivity index (χ4n) is 10.6. The molecule has 3 N–H and O–H groups in total. The monoisotopic (exact) mass is 1310 g/mol. The minimum Gasteiger partial charge on any atom is -0.462 e. The molecule has 0 radical (unpaired) electrons. The fraction of sp³-hybridized carbons (Fsp3) is 0.943. The first kappa shape index (κ1) is 87.1. The van der Waals surface area contributed by atoms with Crippen molar-refractivity contribution in [3.05, 3.63) is 0 Å². The van der Waals surface area contributed by atoms with Gasteiger partial charge in [-0.3, -0.25) is 37.3 Å². The molecule has 0 amide bonds. The quantitative estimate of drug-likeness (QED) is 0.0222. The number of aliphatic hydroxyl groups is 1. The molecule has 0 aromatic heterocycles. The standard InChI is InChI=1S/C70H136O17P2/c1-6-10-13-16-19-22-23-24-25-26-27-28-29-36-41-46-51-56-70(75)87-66(60-81-68(73)54-49-44-39-35-31-30-34-37-42-47-52-63(5)9-4)62-85-89(78,79)83-58-64(71)57-82-88(76,77)84-61-65(86-69(74)55-50-45-40-33-21-18-15-12-8-3)59-80-67(72)53-48-43-38-32-20-17-14-11-7-2/h63-66,71H,6-62H2,1-5H3,(H,76,77)(H,78,79)/t63?,64-,65+,66+/m0/s1. The van der Waals surface area contributed by atoms with Gasteiger partial charge in [-0.15, -0.1) is 0 Å². The summed E-state index contributed by atoms with van der Waals surface area (Å²) >= 11 is 0. The van der Waals surface area contributed by atoms with Gasteiger partial charge in [-0.1, -0.05) is 311 Å². The van der Waals surface area contributed by atoms with Crippen LogP contribution < -0.4 is 0 Å². The third-order valence-electron chi connectivity index (χ3n) is 16.6. The van der Waals surface area contributed by atoms with Crippen LogP contribution in [0, 0.1) is 5.92 Å². The number of hydrogen-bond donors (Lipinski definition) is 3. The largest absolute Gasteiger partial charge is 0.472 e. The zero-order valence-electron chi connectivity index (χ0n) is 57.6. The summed E-state index contributed by atoms with van der Waals surface area (Å²) in [6.07, 6.45) is 49.9. The Morgan fingerprint density at radius 1 is 0.315 bits per heavy atom. The average Bonchev–Trinajstić information content (AvgIpc) is 3.55. The summed E-state index contributed by atoms with van der Waals surface area (Å²) in [7, 11) is -9.89. The average molecular weight is 1310 g/mol. The molecule has 0 aliphatic heterocycles. The highest BCUT2D eigenvalue weighted by molar-refractivity contribution is 7.47. The van der Waals surface area contributed by atoms with Crippen LogP contribution in [-0.2, 0) is 65.4 Å². The van der Waals surface area contributed by atoms with Crippen LogP contribution in [0.15, 0.2) is 0 Å². The highest BCUT2D eigenvalue weighted by Crippen LogP contribution is 2.45. The van der Waals surface area contributed by atoms with Crippen LogP contribution in [-0.4, -0.2) is 96.7 Å². The molecule has 0 aliphatic rings. The van der Waals surface area contributed by atoms with Gasteiger partial charge in [-0.25, -0.2) is 9.13 Å². The molecule has 0 heterocycles. The molecule has 0 spiro atoms. The van der Waals surface area contributed by atoms with Crippen LogP contribution >= 0.6 is 15.6 Å². The second kappa shape index (κ2) is 63.5. The molecule has 3 unspecified atom stereocenters. The van der Waals surface area contributed by atoms with Crippen LogP contribution in [0.4, 0.5) is 0 Å². The number of unbranched alkanes of at least 4 members (excludes halogenated alkanes) is 41. The van der Waals surface area contributed by atoms with Gasteiger partial charge in [-0.2, -0.15) is 0 Å². The van der Waals surface area contributed by atoms with E-state index >= 15 is 0 Å². The predicted molar refractivity (Wildman–Crippen MR) is 358 cm³/mol. The van der Waals surface area contributed by atoms with Gasteiger partial charge >= 0.3 is 39.5 Å². The molecule has 0 saturated heterocycles. The molecule has 0 rings (SSSR count). The third-order valence-corrected chi connectivity index (χ3v) is 18.5. The Bertz CT molecular complexity index is 1720. The Kier molecular flexibility index (Phi) is 62.1. The Balaban J connectivity index is 5.21. The Morgan fingerprint density at radius 3 is 0.798 bits per heavy atom. The van der Waals surface area contributed by atoms with Gasteiger partial charge in [0.25, 0.3) is 0 Å². The Labute approximate surface area is 543 Å². The number of esters is 4. The second-order valence-corrected chi connectivity index (χ2v) is 28.4. The van der Waals surface area contributed by atoms with Crippen molar-refractivity contribution in [1.82, 2.24) is 0 Å². The summed E-state index contributed by atoms with van der Waals surface area (Å²) < 4.78 is 68.2. The lowest BCUT2D eigenvalue weighted by Crippen LogP contribution is -2.30. The maximum absolute atomic E-state index is 13.0.